The van der Waals surface area contributed by atoms with Gasteiger partial charge in [-0.05, 0) is 44.1 Å². The number of alkyl halides is 2. The minimum absolute atomic E-state index is 0.253. The molecular formula is C11H20F2N2O. The van der Waals surface area contributed by atoms with Crippen molar-refractivity contribution in [3.8, 4) is 0 Å². The van der Waals surface area contributed by atoms with Crippen molar-refractivity contribution >= 4 is 5.91 Å². The van der Waals surface area contributed by atoms with E-state index in [4.69, 9.17) is 5.73 Å². The molecule has 0 aromatic heterocycles. The Morgan fingerprint density at radius 2 is 1.81 bits per heavy atom. The Labute approximate surface area is 94.8 Å². The fourth-order valence-corrected chi connectivity index (χ4v) is 2.20. The molecule has 5 heteroatoms. The minimum atomic E-state index is -2.46. The lowest BCUT2D eigenvalue weighted by Gasteiger charge is -2.27. The number of nitrogens with one attached hydrogen (secondary N) is 1. The molecule has 0 saturated heterocycles. The van der Waals surface area contributed by atoms with Crippen LogP contribution in [0.1, 0.15) is 32.1 Å². The summed E-state index contributed by atoms with van der Waals surface area (Å²) in [6, 6.07) is 0. The highest BCUT2D eigenvalue weighted by molar-refractivity contribution is 5.76. The average Bonchev–Trinajstić information content (AvgIpc) is 2.27. The van der Waals surface area contributed by atoms with E-state index in [1.54, 1.807) is 0 Å². The minimum Gasteiger partial charge on any atom is -0.350 e. The van der Waals surface area contributed by atoms with E-state index < -0.39 is 13.0 Å². The van der Waals surface area contributed by atoms with Gasteiger partial charge in [-0.3, -0.25) is 4.79 Å². The van der Waals surface area contributed by atoms with Gasteiger partial charge in [0.05, 0.1) is 6.54 Å². The Bertz CT molecular complexity index is 216. The van der Waals surface area contributed by atoms with Crippen molar-refractivity contribution in [1.82, 2.24) is 5.32 Å². The summed E-state index contributed by atoms with van der Waals surface area (Å²) >= 11 is 0. The van der Waals surface area contributed by atoms with Gasteiger partial charge in [-0.25, -0.2) is 8.78 Å². The predicted molar refractivity (Wildman–Crippen MR) is 58.1 cm³/mol. The van der Waals surface area contributed by atoms with Crippen LogP contribution in [0.4, 0.5) is 8.78 Å². The highest BCUT2D eigenvalue weighted by Gasteiger charge is 2.22. The molecule has 1 fully saturated rings. The molecule has 0 spiro atoms. The summed E-state index contributed by atoms with van der Waals surface area (Å²) in [6.45, 7) is 0.182. The third-order valence-electron chi connectivity index (χ3n) is 3.23. The molecule has 0 aliphatic heterocycles. The van der Waals surface area contributed by atoms with Crippen molar-refractivity contribution < 1.29 is 13.6 Å². The Morgan fingerprint density at radius 3 is 2.31 bits per heavy atom. The molecular weight excluding hydrogens is 214 g/mol. The number of carbonyl (C=O) groups excluding carboxylic acids is 1. The van der Waals surface area contributed by atoms with Gasteiger partial charge in [-0.15, -0.1) is 0 Å². The summed E-state index contributed by atoms with van der Waals surface area (Å²) in [5.74, 6) is 0.678. The van der Waals surface area contributed by atoms with Crippen molar-refractivity contribution in [2.75, 3.05) is 13.1 Å². The first-order valence-electron chi connectivity index (χ1n) is 5.86. The molecule has 3 nitrogen and oxygen atoms in total. The maximum Gasteiger partial charge on any atom is 0.255 e. The van der Waals surface area contributed by atoms with E-state index in [-0.39, 0.29) is 5.91 Å². The highest BCUT2D eigenvalue weighted by atomic mass is 19.3. The van der Waals surface area contributed by atoms with Gasteiger partial charge in [-0.1, -0.05) is 0 Å². The van der Waals surface area contributed by atoms with Crippen LogP contribution in [-0.2, 0) is 4.79 Å². The molecule has 1 aliphatic rings. The van der Waals surface area contributed by atoms with Crippen LogP contribution in [0.2, 0.25) is 0 Å². The van der Waals surface area contributed by atoms with E-state index in [0.29, 0.717) is 24.8 Å². The lowest BCUT2D eigenvalue weighted by molar-refractivity contribution is -0.122. The maximum absolute atomic E-state index is 11.8. The van der Waals surface area contributed by atoms with Gasteiger partial charge in [0.15, 0.2) is 0 Å². The maximum atomic E-state index is 11.8. The van der Waals surface area contributed by atoms with Crippen molar-refractivity contribution in [3.63, 3.8) is 0 Å². The van der Waals surface area contributed by atoms with Gasteiger partial charge in [0, 0.05) is 6.42 Å². The number of carbonyl (C=O) groups is 1. The van der Waals surface area contributed by atoms with Crippen LogP contribution in [0.5, 0.6) is 0 Å². The average molecular weight is 234 g/mol. The largest absolute Gasteiger partial charge is 0.350 e. The summed E-state index contributed by atoms with van der Waals surface area (Å²) in [6.07, 6.45) is 2.02. The van der Waals surface area contributed by atoms with Crippen molar-refractivity contribution in [1.29, 1.82) is 0 Å². The fraction of sp³-hybridized carbons (Fsp3) is 0.909. The monoisotopic (exact) mass is 234 g/mol. The molecule has 0 radical (unpaired) electrons. The molecule has 1 aliphatic carbocycles. The fourth-order valence-electron chi connectivity index (χ4n) is 2.20. The third kappa shape index (κ3) is 4.88. The second-order valence-electron chi connectivity index (χ2n) is 4.52. The van der Waals surface area contributed by atoms with Gasteiger partial charge in [0.25, 0.3) is 6.43 Å². The zero-order chi connectivity index (χ0) is 12.0. The zero-order valence-electron chi connectivity index (χ0n) is 9.42. The number of amides is 1. The third-order valence-corrected chi connectivity index (χ3v) is 3.23. The van der Waals surface area contributed by atoms with Crippen LogP contribution in [0, 0.1) is 11.8 Å². The number of rotatable bonds is 5. The first-order valence-corrected chi connectivity index (χ1v) is 5.86. The molecule has 0 unspecified atom stereocenters. The van der Waals surface area contributed by atoms with E-state index in [0.717, 1.165) is 25.7 Å². The topological polar surface area (TPSA) is 55.1 Å². The van der Waals surface area contributed by atoms with E-state index in [1.165, 1.54) is 0 Å². The van der Waals surface area contributed by atoms with Crippen LogP contribution in [0.3, 0.4) is 0 Å². The van der Waals surface area contributed by atoms with Crippen LogP contribution in [0.25, 0.3) is 0 Å². The van der Waals surface area contributed by atoms with Gasteiger partial charge in [0.2, 0.25) is 5.91 Å². The van der Waals surface area contributed by atoms with E-state index in [9.17, 15) is 13.6 Å². The van der Waals surface area contributed by atoms with Gasteiger partial charge in [-0.2, -0.15) is 0 Å². The molecule has 1 amide bonds. The number of halogens is 2. The van der Waals surface area contributed by atoms with Crippen molar-refractivity contribution in [2.24, 2.45) is 17.6 Å². The Kier molecular flexibility index (Phi) is 5.66. The number of hydrogen-bond acceptors (Lipinski definition) is 2. The summed E-state index contributed by atoms with van der Waals surface area (Å²) < 4.78 is 23.7. The summed E-state index contributed by atoms with van der Waals surface area (Å²) in [4.78, 5) is 11.3. The lowest BCUT2D eigenvalue weighted by Crippen LogP contribution is -2.31. The first kappa shape index (κ1) is 13.4. The van der Waals surface area contributed by atoms with Gasteiger partial charge < -0.3 is 11.1 Å². The highest BCUT2D eigenvalue weighted by Crippen LogP contribution is 2.29. The Balaban J connectivity index is 2.15. The summed E-state index contributed by atoms with van der Waals surface area (Å²) in [5.41, 5.74) is 5.57. The van der Waals surface area contributed by atoms with E-state index in [1.807, 2.05) is 0 Å². The second kappa shape index (κ2) is 6.78. The summed E-state index contributed by atoms with van der Waals surface area (Å²) in [7, 11) is 0. The van der Waals surface area contributed by atoms with Crippen molar-refractivity contribution in [3.05, 3.63) is 0 Å². The van der Waals surface area contributed by atoms with E-state index >= 15 is 0 Å². The molecule has 0 heterocycles. The molecule has 3 N–H and O–H groups in total. The molecule has 94 valence electrons. The summed E-state index contributed by atoms with van der Waals surface area (Å²) in [5, 5.41) is 2.24. The molecule has 0 aromatic rings. The second-order valence-corrected chi connectivity index (χ2v) is 4.52. The Morgan fingerprint density at radius 1 is 1.25 bits per heavy atom. The smallest absolute Gasteiger partial charge is 0.255 e. The number of hydrogen-bond donors (Lipinski definition) is 2. The van der Waals surface area contributed by atoms with Crippen LogP contribution >= 0.6 is 0 Å². The molecule has 0 atom stereocenters. The lowest BCUT2D eigenvalue weighted by atomic mass is 9.80. The molecule has 1 saturated carbocycles. The quantitative estimate of drug-likeness (QED) is 0.757. The van der Waals surface area contributed by atoms with Crippen LogP contribution in [0.15, 0.2) is 0 Å². The molecule has 16 heavy (non-hydrogen) atoms. The zero-order valence-corrected chi connectivity index (χ0v) is 9.42. The molecule has 1 rings (SSSR count). The van der Waals surface area contributed by atoms with Crippen LogP contribution in [-0.4, -0.2) is 25.4 Å². The normalized spacial score (nSPS) is 25.8. The molecule has 0 bridgehead atoms. The first-order chi connectivity index (χ1) is 7.61. The number of nitrogens with two attached hydrogens (primary N) is 1. The standard InChI is InChI=1S/C11H20F2N2O/c12-10(13)7-15-11(16)5-8-1-3-9(6-14)4-2-8/h8-10H,1-7,14H2,(H,15,16). The van der Waals surface area contributed by atoms with Gasteiger partial charge >= 0.3 is 0 Å². The molecule has 0 aromatic carbocycles. The van der Waals surface area contributed by atoms with Crippen LogP contribution < -0.4 is 11.1 Å². The van der Waals surface area contributed by atoms with Crippen molar-refractivity contribution in [2.45, 2.75) is 38.5 Å². The Hall–Kier alpha value is -0.710. The van der Waals surface area contributed by atoms with Gasteiger partial charge in [0.1, 0.15) is 0 Å². The predicted octanol–water partition coefficient (Wildman–Crippen LogP) is 1.52. The van der Waals surface area contributed by atoms with E-state index in [2.05, 4.69) is 5.32 Å². The SMILES string of the molecule is NCC1CCC(CC(=O)NCC(F)F)CC1.